The zero-order valence-electron chi connectivity index (χ0n) is 12.4. The molecule has 0 bridgehead atoms. The van der Waals surface area contributed by atoms with E-state index in [0.29, 0.717) is 17.2 Å². The van der Waals surface area contributed by atoms with Crippen molar-refractivity contribution in [1.82, 2.24) is 0 Å². The van der Waals surface area contributed by atoms with Gasteiger partial charge in [-0.1, -0.05) is 6.92 Å². The van der Waals surface area contributed by atoms with Crippen molar-refractivity contribution in [2.24, 2.45) is 0 Å². The highest BCUT2D eigenvalue weighted by atomic mass is 19.1. The summed E-state index contributed by atoms with van der Waals surface area (Å²) in [6.45, 7) is 3.87. The number of ether oxygens (including phenoxy) is 2. The summed E-state index contributed by atoms with van der Waals surface area (Å²) in [5, 5.41) is 9.17. The van der Waals surface area contributed by atoms with E-state index in [0.717, 1.165) is 6.42 Å². The summed E-state index contributed by atoms with van der Waals surface area (Å²) >= 11 is 0. The first-order valence-corrected chi connectivity index (χ1v) is 6.96. The third-order valence-corrected chi connectivity index (χ3v) is 3.09. The van der Waals surface area contributed by atoms with Crippen LogP contribution in [-0.4, -0.2) is 17.2 Å². The summed E-state index contributed by atoms with van der Waals surface area (Å²) in [6, 6.07) is 9.94. The van der Waals surface area contributed by atoms with Crippen LogP contribution in [0.25, 0.3) is 0 Å². The van der Waals surface area contributed by atoms with Gasteiger partial charge in [-0.25, -0.2) is 9.18 Å². The van der Waals surface area contributed by atoms with Gasteiger partial charge in [0, 0.05) is 6.07 Å². The number of rotatable bonds is 6. The third-order valence-electron chi connectivity index (χ3n) is 3.09. The fraction of sp³-hybridized carbons (Fsp3) is 0.235. The normalized spacial score (nSPS) is 11.8. The smallest absolute Gasteiger partial charge is 0.335 e. The Kier molecular flexibility index (Phi) is 4.99. The average Bonchev–Trinajstić information content (AvgIpc) is 2.49. The molecule has 2 aromatic rings. The Morgan fingerprint density at radius 1 is 1.14 bits per heavy atom. The Bertz CT molecular complexity index is 652. The minimum Gasteiger partial charge on any atom is -0.491 e. The molecule has 4 nitrogen and oxygen atoms in total. The highest BCUT2D eigenvalue weighted by molar-refractivity contribution is 5.88. The molecule has 116 valence electrons. The van der Waals surface area contributed by atoms with Gasteiger partial charge in [0.2, 0.25) is 0 Å². The van der Waals surface area contributed by atoms with Crippen LogP contribution in [0.1, 0.15) is 30.6 Å². The lowest BCUT2D eigenvalue weighted by atomic mass is 10.2. The number of benzene rings is 2. The van der Waals surface area contributed by atoms with Crippen LogP contribution in [0.15, 0.2) is 42.5 Å². The van der Waals surface area contributed by atoms with E-state index in [4.69, 9.17) is 14.6 Å². The predicted octanol–water partition coefficient (Wildman–Crippen LogP) is 4.49. The fourth-order valence-corrected chi connectivity index (χ4v) is 1.78. The molecule has 0 aromatic heterocycles. The molecule has 0 aliphatic heterocycles. The molecule has 5 heteroatoms. The van der Waals surface area contributed by atoms with Crippen LogP contribution in [0, 0.1) is 5.82 Å². The number of hydrogen-bond donors (Lipinski definition) is 1. The molecule has 1 N–H and O–H groups in total. The highest BCUT2D eigenvalue weighted by Gasteiger charge is 2.11. The van der Waals surface area contributed by atoms with E-state index in [9.17, 15) is 9.18 Å². The fourth-order valence-electron chi connectivity index (χ4n) is 1.78. The molecule has 0 fully saturated rings. The number of carboxylic acids is 1. The number of hydrogen-bond acceptors (Lipinski definition) is 3. The van der Waals surface area contributed by atoms with Crippen molar-refractivity contribution in [2.75, 3.05) is 0 Å². The maximum absolute atomic E-state index is 12.9. The molecule has 0 aliphatic carbocycles. The van der Waals surface area contributed by atoms with Gasteiger partial charge in [0.15, 0.2) is 0 Å². The van der Waals surface area contributed by atoms with E-state index < -0.39 is 5.97 Å². The molecular weight excluding hydrogens is 287 g/mol. The van der Waals surface area contributed by atoms with E-state index in [1.54, 1.807) is 6.07 Å². The maximum atomic E-state index is 12.9. The lowest BCUT2D eigenvalue weighted by Gasteiger charge is -2.14. The molecule has 0 saturated heterocycles. The summed E-state index contributed by atoms with van der Waals surface area (Å²) in [6.07, 6.45) is 0.758. The minimum atomic E-state index is -1.07. The Labute approximate surface area is 128 Å². The Balaban J connectivity index is 2.28. The van der Waals surface area contributed by atoms with Crippen LogP contribution in [0.5, 0.6) is 17.2 Å². The molecule has 22 heavy (non-hydrogen) atoms. The SMILES string of the molecule is CC[C@@H](C)Oc1cc(Oc2ccc(F)cc2)cc(C(=O)O)c1. The van der Waals surface area contributed by atoms with Crippen LogP contribution < -0.4 is 9.47 Å². The van der Waals surface area contributed by atoms with Crippen molar-refractivity contribution in [1.29, 1.82) is 0 Å². The van der Waals surface area contributed by atoms with Crippen molar-refractivity contribution in [2.45, 2.75) is 26.4 Å². The lowest BCUT2D eigenvalue weighted by Crippen LogP contribution is -2.10. The van der Waals surface area contributed by atoms with Gasteiger partial charge in [-0.3, -0.25) is 0 Å². The molecule has 0 amide bonds. The summed E-state index contributed by atoms with van der Waals surface area (Å²) in [5.41, 5.74) is 0.0675. The molecule has 2 aromatic carbocycles. The molecule has 0 aliphatic rings. The quantitative estimate of drug-likeness (QED) is 0.854. The van der Waals surface area contributed by atoms with E-state index >= 15 is 0 Å². The van der Waals surface area contributed by atoms with Crippen molar-refractivity contribution >= 4 is 5.97 Å². The lowest BCUT2D eigenvalue weighted by molar-refractivity contribution is 0.0695. The Hall–Kier alpha value is -2.56. The van der Waals surface area contributed by atoms with Crippen LogP contribution in [0.2, 0.25) is 0 Å². The average molecular weight is 304 g/mol. The summed E-state index contributed by atoms with van der Waals surface area (Å²) in [5.74, 6) is -0.277. The molecule has 0 spiro atoms. The van der Waals surface area contributed by atoms with Gasteiger partial charge in [0.25, 0.3) is 0 Å². The number of carbonyl (C=O) groups is 1. The van der Waals surface area contributed by atoms with Crippen LogP contribution in [0.4, 0.5) is 4.39 Å². The van der Waals surface area contributed by atoms with E-state index in [1.807, 2.05) is 13.8 Å². The number of carboxylic acid groups (broad SMARTS) is 1. The van der Waals surface area contributed by atoms with Crippen molar-refractivity contribution < 1.29 is 23.8 Å². The molecule has 0 heterocycles. The van der Waals surface area contributed by atoms with Gasteiger partial charge in [-0.2, -0.15) is 0 Å². The number of halogens is 1. The van der Waals surface area contributed by atoms with Gasteiger partial charge < -0.3 is 14.6 Å². The topological polar surface area (TPSA) is 55.8 Å². The molecule has 2 rings (SSSR count). The maximum Gasteiger partial charge on any atom is 0.335 e. The van der Waals surface area contributed by atoms with Crippen LogP contribution in [-0.2, 0) is 0 Å². The molecule has 1 atom stereocenters. The van der Waals surface area contributed by atoms with Crippen molar-refractivity contribution in [3.05, 3.63) is 53.8 Å². The predicted molar refractivity (Wildman–Crippen MR) is 80.3 cm³/mol. The van der Waals surface area contributed by atoms with Gasteiger partial charge in [-0.05, 0) is 49.7 Å². The van der Waals surface area contributed by atoms with Gasteiger partial charge >= 0.3 is 5.97 Å². The largest absolute Gasteiger partial charge is 0.491 e. The van der Waals surface area contributed by atoms with E-state index in [1.165, 1.54) is 36.4 Å². The van der Waals surface area contributed by atoms with Gasteiger partial charge in [0.1, 0.15) is 23.1 Å². The standard InChI is InChI=1S/C17H17FO4/c1-3-11(2)21-15-8-12(17(19)20)9-16(10-15)22-14-6-4-13(18)5-7-14/h4-11H,3H2,1-2H3,(H,19,20)/t11-/m1/s1. The second-order valence-electron chi connectivity index (χ2n) is 4.89. The second kappa shape index (κ2) is 6.93. The van der Waals surface area contributed by atoms with Crippen LogP contribution >= 0.6 is 0 Å². The first kappa shape index (κ1) is 15.8. The first-order valence-electron chi connectivity index (χ1n) is 6.96. The molecular formula is C17H17FO4. The molecule has 0 saturated carbocycles. The third kappa shape index (κ3) is 4.22. The minimum absolute atomic E-state index is 0.0392. The summed E-state index contributed by atoms with van der Waals surface area (Å²) < 4.78 is 24.1. The highest BCUT2D eigenvalue weighted by Crippen LogP contribution is 2.28. The monoisotopic (exact) mass is 304 g/mol. The Morgan fingerprint density at radius 3 is 2.36 bits per heavy atom. The zero-order valence-corrected chi connectivity index (χ0v) is 12.4. The van der Waals surface area contributed by atoms with Crippen molar-refractivity contribution in [3.63, 3.8) is 0 Å². The summed E-state index contributed by atoms with van der Waals surface area (Å²) in [4.78, 5) is 11.2. The summed E-state index contributed by atoms with van der Waals surface area (Å²) in [7, 11) is 0. The van der Waals surface area contributed by atoms with Crippen molar-refractivity contribution in [3.8, 4) is 17.2 Å². The van der Waals surface area contributed by atoms with E-state index in [-0.39, 0.29) is 17.5 Å². The Morgan fingerprint density at radius 2 is 1.77 bits per heavy atom. The first-order chi connectivity index (χ1) is 10.5. The van der Waals surface area contributed by atoms with E-state index in [2.05, 4.69) is 0 Å². The van der Waals surface area contributed by atoms with Crippen LogP contribution in [0.3, 0.4) is 0 Å². The second-order valence-corrected chi connectivity index (χ2v) is 4.89. The van der Waals surface area contributed by atoms with Gasteiger partial charge in [-0.15, -0.1) is 0 Å². The number of aromatic carboxylic acids is 1. The van der Waals surface area contributed by atoms with Gasteiger partial charge in [0.05, 0.1) is 11.7 Å². The molecule has 0 unspecified atom stereocenters. The molecule has 0 radical (unpaired) electrons. The zero-order chi connectivity index (χ0) is 16.1.